The van der Waals surface area contributed by atoms with Gasteiger partial charge in [-0.15, -0.1) is 11.3 Å². The normalized spacial score (nSPS) is 15.8. The van der Waals surface area contributed by atoms with E-state index in [-0.39, 0.29) is 0 Å². The van der Waals surface area contributed by atoms with E-state index in [1.165, 1.54) is 37.3 Å². The number of hydrogen-bond acceptors (Lipinski definition) is 2. The van der Waals surface area contributed by atoms with E-state index in [1.807, 2.05) is 11.3 Å². The molecule has 1 N–H and O–H groups in total. The van der Waals surface area contributed by atoms with Crippen LogP contribution in [0, 0.1) is 0 Å². The topological polar surface area (TPSA) is 12.0 Å². The molecule has 0 aliphatic heterocycles. The van der Waals surface area contributed by atoms with Crippen LogP contribution in [0.4, 0.5) is 5.69 Å². The number of fused-ring (bicyclic) bond motifs is 3. The standard InChI is InChI=1S/C24H19NS/c1-2-6-17(7-3-1)18-10-12-19(13-11-18)25-20-14-15-24-22(16-20)21-8-4-5-9-23(21)26-24/h1-15,20,25H,16H2. The van der Waals surface area contributed by atoms with E-state index in [0.29, 0.717) is 6.04 Å². The molecule has 0 amide bonds. The molecule has 0 bridgehead atoms. The van der Waals surface area contributed by atoms with Crippen molar-refractivity contribution >= 4 is 33.2 Å². The molecular formula is C24H19NS. The largest absolute Gasteiger partial charge is 0.378 e. The zero-order valence-corrected chi connectivity index (χ0v) is 15.2. The Morgan fingerprint density at radius 1 is 0.769 bits per heavy atom. The van der Waals surface area contributed by atoms with E-state index < -0.39 is 0 Å². The molecule has 1 atom stereocenters. The van der Waals surface area contributed by atoms with Gasteiger partial charge in [-0.25, -0.2) is 0 Å². The van der Waals surface area contributed by atoms with Crippen molar-refractivity contribution in [2.75, 3.05) is 5.32 Å². The minimum absolute atomic E-state index is 0.336. The molecule has 4 aromatic rings. The maximum absolute atomic E-state index is 3.67. The summed E-state index contributed by atoms with van der Waals surface area (Å²) in [5.74, 6) is 0. The summed E-state index contributed by atoms with van der Waals surface area (Å²) in [6.45, 7) is 0. The van der Waals surface area contributed by atoms with Crippen molar-refractivity contribution in [1.29, 1.82) is 0 Å². The van der Waals surface area contributed by atoms with E-state index >= 15 is 0 Å². The number of rotatable bonds is 3. The maximum Gasteiger partial charge on any atom is 0.0489 e. The molecule has 5 rings (SSSR count). The molecule has 26 heavy (non-hydrogen) atoms. The third-order valence-corrected chi connectivity index (χ3v) is 6.16. The molecule has 126 valence electrons. The zero-order valence-electron chi connectivity index (χ0n) is 14.4. The number of anilines is 1. The number of benzene rings is 3. The first kappa shape index (κ1) is 15.4. The fourth-order valence-corrected chi connectivity index (χ4v) is 4.80. The van der Waals surface area contributed by atoms with E-state index in [2.05, 4.69) is 96.3 Å². The highest BCUT2D eigenvalue weighted by Gasteiger charge is 2.18. The third-order valence-electron chi connectivity index (χ3n) is 4.98. The molecule has 0 fully saturated rings. The molecule has 1 unspecified atom stereocenters. The summed E-state index contributed by atoms with van der Waals surface area (Å²) in [5.41, 5.74) is 5.15. The van der Waals surface area contributed by atoms with Crippen LogP contribution in [0.3, 0.4) is 0 Å². The van der Waals surface area contributed by atoms with Crippen LogP contribution in [-0.2, 0) is 6.42 Å². The highest BCUT2D eigenvalue weighted by Crippen LogP contribution is 2.36. The van der Waals surface area contributed by atoms with Crippen molar-refractivity contribution < 1.29 is 0 Å². The van der Waals surface area contributed by atoms with E-state index in [4.69, 9.17) is 0 Å². The molecule has 1 aliphatic rings. The number of nitrogens with one attached hydrogen (secondary N) is 1. The molecule has 1 heterocycles. The number of hydrogen-bond donors (Lipinski definition) is 1. The first-order chi connectivity index (χ1) is 12.9. The van der Waals surface area contributed by atoms with Crippen LogP contribution in [0.1, 0.15) is 10.4 Å². The van der Waals surface area contributed by atoms with Gasteiger partial charge in [-0.3, -0.25) is 0 Å². The van der Waals surface area contributed by atoms with Crippen molar-refractivity contribution in [2.45, 2.75) is 12.5 Å². The fraction of sp³-hybridized carbons (Fsp3) is 0.0833. The van der Waals surface area contributed by atoms with Crippen LogP contribution in [0.2, 0.25) is 0 Å². The zero-order chi connectivity index (χ0) is 17.3. The fourth-order valence-electron chi connectivity index (χ4n) is 3.66. The van der Waals surface area contributed by atoms with Gasteiger partial charge in [-0.1, -0.05) is 66.7 Å². The molecule has 1 nitrogen and oxygen atoms in total. The second-order valence-corrected chi connectivity index (χ2v) is 7.78. The maximum atomic E-state index is 3.67. The molecule has 3 aromatic carbocycles. The van der Waals surface area contributed by atoms with Crippen LogP contribution in [-0.4, -0.2) is 6.04 Å². The Morgan fingerprint density at radius 3 is 2.35 bits per heavy atom. The predicted octanol–water partition coefficient (Wildman–Crippen LogP) is 6.62. The minimum atomic E-state index is 0.336. The van der Waals surface area contributed by atoms with Crippen LogP contribution in [0.25, 0.3) is 27.3 Å². The average Bonchev–Trinajstić information content (AvgIpc) is 3.07. The molecule has 2 heteroatoms. The van der Waals surface area contributed by atoms with E-state index in [9.17, 15) is 0 Å². The average molecular weight is 353 g/mol. The van der Waals surface area contributed by atoms with Gasteiger partial charge < -0.3 is 5.32 Å². The van der Waals surface area contributed by atoms with Crippen LogP contribution < -0.4 is 5.32 Å². The lowest BCUT2D eigenvalue weighted by Crippen LogP contribution is -2.21. The molecule has 0 saturated heterocycles. The minimum Gasteiger partial charge on any atom is -0.378 e. The Balaban J connectivity index is 1.36. The summed E-state index contributed by atoms with van der Waals surface area (Å²) in [6.07, 6.45) is 5.61. The molecular weight excluding hydrogens is 334 g/mol. The SMILES string of the molecule is C1=CC(Nc2ccc(-c3ccccc3)cc2)Cc2c1sc1ccccc21. The molecule has 0 spiro atoms. The lowest BCUT2D eigenvalue weighted by Gasteiger charge is -2.20. The Morgan fingerprint density at radius 2 is 1.50 bits per heavy atom. The van der Waals surface area contributed by atoms with Gasteiger partial charge in [0.25, 0.3) is 0 Å². The predicted molar refractivity (Wildman–Crippen MR) is 114 cm³/mol. The van der Waals surface area contributed by atoms with Crippen molar-refractivity contribution in [3.05, 3.63) is 95.4 Å². The van der Waals surface area contributed by atoms with Gasteiger partial charge in [0.2, 0.25) is 0 Å². The summed E-state index contributed by atoms with van der Waals surface area (Å²) in [6, 6.07) is 28.3. The molecule has 0 radical (unpaired) electrons. The summed E-state index contributed by atoms with van der Waals surface area (Å²) >= 11 is 1.89. The van der Waals surface area contributed by atoms with Gasteiger partial charge in [0.05, 0.1) is 0 Å². The smallest absolute Gasteiger partial charge is 0.0489 e. The van der Waals surface area contributed by atoms with Gasteiger partial charge in [0.15, 0.2) is 0 Å². The van der Waals surface area contributed by atoms with E-state index in [1.54, 1.807) is 0 Å². The number of thiophene rings is 1. The van der Waals surface area contributed by atoms with Crippen molar-refractivity contribution in [1.82, 2.24) is 0 Å². The third kappa shape index (κ3) is 2.83. The first-order valence-corrected chi connectivity index (χ1v) is 9.79. The van der Waals surface area contributed by atoms with Gasteiger partial charge in [0, 0.05) is 21.3 Å². The van der Waals surface area contributed by atoms with Crippen molar-refractivity contribution in [3.63, 3.8) is 0 Å². The van der Waals surface area contributed by atoms with Gasteiger partial charge in [-0.05, 0) is 52.8 Å². The summed E-state index contributed by atoms with van der Waals surface area (Å²) in [7, 11) is 0. The lowest BCUT2D eigenvalue weighted by atomic mass is 9.97. The van der Waals surface area contributed by atoms with E-state index in [0.717, 1.165) is 6.42 Å². The van der Waals surface area contributed by atoms with Crippen LogP contribution in [0.5, 0.6) is 0 Å². The quantitative estimate of drug-likeness (QED) is 0.436. The van der Waals surface area contributed by atoms with Crippen LogP contribution in [0.15, 0.2) is 84.9 Å². The lowest BCUT2D eigenvalue weighted by molar-refractivity contribution is 0.865. The van der Waals surface area contributed by atoms with Crippen molar-refractivity contribution in [2.24, 2.45) is 0 Å². The first-order valence-electron chi connectivity index (χ1n) is 8.97. The highest BCUT2D eigenvalue weighted by molar-refractivity contribution is 7.20. The Hall–Kier alpha value is -2.84. The molecule has 0 saturated carbocycles. The Bertz CT molecular complexity index is 1070. The van der Waals surface area contributed by atoms with Crippen LogP contribution >= 0.6 is 11.3 Å². The van der Waals surface area contributed by atoms with Crippen molar-refractivity contribution in [3.8, 4) is 11.1 Å². The second-order valence-electron chi connectivity index (χ2n) is 6.70. The van der Waals surface area contributed by atoms with Gasteiger partial charge in [0.1, 0.15) is 0 Å². The Kier molecular flexibility index (Phi) is 3.84. The molecule has 1 aliphatic carbocycles. The van der Waals surface area contributed by atoms with Gasteiger partial charge in [-0.2, -0.15) is 0 Å². The summed E-state index contributed by atoms with van der Waals surface area (Å²) in [5, 5.41) is 5.08. The second kappa shape index (κ2) is 6.47. The Labute approximate surface area is 157 Å². The highest BCUT2D eigenvalue weighted by atomic mass is 32.1. The van der Waals surface area contributed by atoms with Gasteiger partial charge >= 0.3 is 0 Å². The summed E-state index contributed by atoms with van der Waals surface area (Å²) < 4.78 is 1.38. The molecule has 1 aromatic heterocycles. The monoisotopic (exact) mass is 353 g/mol. The summed E-state index contributed by atoms with van der Waals surface area (Å²) in [4.78, 5) is 1.41.